The van der Waals surface area contributed by atoms with Gasteiger partial charge in [0, 0.05) is 43.3 Å². The Hall–Kier alpha value is -2.82. The molecule has 0 saturated carbocycles. The summed E-state index contributed by atoms with van der Waals surface area (Å²) in [5, 5.41) is 8.63. The smallest absolute Gasteiger partial charge is 0.222 e. The summed E-state index contributed by atoms with van der Waals surface area (Å²) in [6.45, 7) is 3.48. The van der Waals surface area contributed by atoms with Crippen LogP contribution in [0.2, 0.25) is 0 Å². The van der Waals surface area contributed by atoms with Crippen LogP contribution in [-0.4, -0.2) is 40.2 Å². The van der Waals surface area contributed by atoms with Crippen LogP contribution >= 0.6 is 0 Å². The molecule has 5 nitrogen and oxygen atoms in total. The number of rotatable bonds is 4. The Kier molecular flexibility index (Phi) is 4.61. The van der Waals surface area contributed by atoms with Gasteiger partial charge in [0.2, 0.25) is 5.91 Å². The van der Waals surface area contributed by atoms with Crippen LogP contribution in [0.1, 0.15) is 26.2 Å². The second kappa shape index (κ2) is 7.20. The van der Waals surface area contributed by atoms with Crippen molar-refractivity contribution in [3.05, 3.63) is 48.5 Å². The number of hydrogen-bond donors (Lipinski definition) is 1. The third-order valence-electron chi connectivity index (χ3n) is 5.00. The topological polar surface area (TPSA) is 58.2 Å². The van der Waals surface area contributed by atoms with Crippen LogP contribution in [0, 0.1) is 0 Å². The number of nitrogens with zero attached hydrogens (tertiary/aromatic N) is 2. The van der Waals surface area contributed by atoms with Crippen molar-refractivity contribution in [2.75, 3.05) is 13.1 Å². The van der Waals surface area contributed by atoms with Crippen molar-refractivity contribution >= 4 is 16.8 Å². The predicted octanol–water partition coefficient (Wildman–Crippen LogP) is 4.01. The number of fused-ring (bicyclic) bond motifs is 1. The Labute approximate surface area is 153 Å². The van der Waals surface area contributed by atoms with Gasteiger partial charge in [0.1, 0.15) is 11.9 Å². The lowest BCUT2D eigenvalue weighted by atomic mass is 10.1. The van der Waals surface area contributed by atoms with Crippen LogP contribution in [0.5, 0.6) is 5.75 Å². The van der Waals surface area contributed by atoms with Crippen LogP contribution in [0.25, 0.3) is 22.2 Å². The Morgan fingerprint density at radius 3 is 2.62 bits per heavy atom. The number of likely N-dealkylation sites (tertiary alicyclic amines) is 1. The summed E-state index contributed by atoms with van der Waals surface area (Å²) in [4.78, 5) is 13.7. The molecule has 0 radical (unpaired) electrons. The number of aromatic nitrogens is 2. The van der Waals surface area contributed by atoms with E-state index in [-0.39, 0.29) is 12.0 Å². The Morgan fingerprint density at radius 1 is 1.15 bits per heavy atom. The van der Waals surface area contributed by atoms with Crippen LogP contribution in [0.4, 0.5) is 0 Å². The Balaban J connectivity index is 1.42. The number of benzene rings is 2. The maximum absolute atomic E-state index is 11.8. The van der Waals surface area contributed by atoms with Crippen molar-refractivity contribution in [1.82, 2.24) is 15.1 Å². The number of amides is 1. The number of nitrogens with one attached hydrogen (secondary N) is 1. The maximum atomic E-state index is 11.8. The van der Waals surface area contributed by atoms with Crippen LogP contribution in [-0.2, 0) is 4.79 Å². The van der Waals surface area contributed by atoms with Crippen LogP contribution in [0.3, 0.4) is 0 Å². The first-order chi connectivity index (χ1) is 12.7. The first-order valence-corrected chi connectivity index (χ1v) is 9.22. The molecule has 1 aliphatic heterocycles. The lowest BCUT2D eigenvalue weighted by molar-refractivity contribution is -0.132. The van der Waals surface area contributed by atoms with E-state index >= 15 is 0 Å². The summed E-state index contributed by atoms with van der Waals surface area (Å²) in [7, 11) is 0. The van der Waals surface area contributed by atoms with Crippen molar-refractivity contribution in [2.24, 2.45) is 0 Å². The largest absolute Gasteiger partial charge is 0.490 e. The van der Waals surface area contributed by atoms with E-state index in [0.29, 0.717) is 6.42 Å². The third kappa shape index (κ3) is 3.29. The molecule has 2 aromatic carbocycles. The molecular weight excluding hydrogens is 326 g/mol. The summed E-state index contributed by atoms with van der Waals surface area (Å²) >= 11 is 0. The first-order valence-electron chi connectivity index (χ1n) is 9.22. The van der Waals surface area contributed by atoms with Gasteiger partial charge in [-0.1, -0.05) is 25.1 Å². The molecule has 1 saturated heterocycles. The number of para-hydroxylation sites is 1. The number of H-pyrrole nitrogens is 1. The summed E-state index contributed by atoms with van der Waals surface area (Å²) < 4.78 is 6.11. The molecule has 4 rings (SSSR count). The van der Waals surface area contributed by atoms with E-state index in [4.69, 9.17) is 4.74 Å². The fourth-order valence-corrected chi connectivity index (χ4v) is 3.51. The summed E-state index contributed by atoms with van der Waals surface area (Å²) in [6.07, 6.45) is 2.53. The van der Waals surface area contributed by atoms with Crippen LogP contribution < -0.4 is 4.74 Å². The van der Waals surface area contributed by atoms with Gasteiger partial charge in [0.15, 0.2) is 0 Å². The van der Waals surface area contributed by atoms with Gasteiger partial charge in [0.05, 0.1) is 11.2 Å². The van der Waals surface area contributed by atoms with E-state index in [9.17, 15) is 4.79 Å². The standard InChI is InChI=1S/C21H23N3O2/c1-2-20(25)24-13-11-17(12-14-24)26-16-9-7-15(8-10-16)21-18-5-3-4-6-19(18)22-23-21/h3-10,17H,2,11-14H2,1H3,(H,22,23). The van der Waals surface area contributed by atoms with Gasteiger partial charge in [-0.05, 0) is 30.3 Å². The summed E-state index contributed by atoms with van der Waals surface area (Å²) in [6, 6.07) is 16.2. The van der Waals surface area contributed by atoms with Gasteiger partial charge in [-0.25, -0.2) is 0 Å². The monoisotopic (exact) mass is 349 g/mol. The van der Waals surface area contributed by atoms with Crippen molar-refractivity contribution in [3.8, 4) is 17.0 Å². The molecule has 1 fully saturated rings. The van der Waals surface area contributed by atoms with Gasteiger partial charge in [-0.3, -0.25) is 9.89 Å². The molecule has 1 aromatic heterocycles. The second-order valence-electron chi connectivity index (χ2n) is 6.69. The molecule has 0 spiro atoms. The molecule has 3 aromatic rings. The van der Waals surface area contributed by atoms with E-state index in [1.165, 1.54) is 0 Å². The Bertz CT molecular complexity index is 893. The number of hydrogen-bond acceptors (Lipinski definition) is 3. The lowest BCUT2D eigenvalue weighted by Gasteiger charge is -2.32. The van der Waals surface area contributed by atoms with E-state index in [0.717, 1.165) is 53.8 Å². The zero-order chi connectivity index (χ0) is 17.9. The van der Waals surface area contributed by atoms with Crippen LogP contribution in [0.15, 0.2) is 48.5 Å². The molecule has 1 N–H and O–H groups in total. The lowest BCUT2D eigenvalue weighted by Crippen LogP contribution is -2.41. The molecule has 134 valence electrons. The minimum Gasteiger partial charge on any atom is -0.490 e. The third-order valence-corrected chi connectivity index (χ3v) is 5.00. The molecule has 26 heavy (non-hydrogen) atoms. The number of carbonyl (C=O) groups excluding carboxylic acids is 1. The SMILES string of the molecule is CCC(=O)N1CCC(Oc2ccc(-c3n[nH]c4ccccc34)cc2)CC1. The zero-order valence-electron chi connectivity index (χ0n) is 14.9. The minimum atomic E-state index is 0.174. The van der Waals surface area contributed by atoms with Crippen molar-refractivity contribution < 1.29 is 9.53 Å². The predicted molar refractivity (Wildman–Crippen MR) is 102 cm³/mol. The number of aromatic amines is 1. The molecule has 0 bridgehead atoms. The van der Waals surface area contributed by atoms with E-state index in [1.54, 1.807) is 0 Å². The number of carbonyl (C=O) groups is 1. The van der Waals surface area contributed by atoms with Gasteiger partial charge in [0.25, 0.3) is 0 Å². The average Bonchev–Trinajstić information content (AvgIpc) is 3.13. The maximum Gasteiger partial charge on any atom is 0.222 e. The second-order valence-corrected chi connectivity index (χ2v) is 6.69. The number of piperidine rings is 1. The fraction of sp³-hybridized carbons (Fsp3) is 0.333. The van der Waals surface area contributed by atoms with Gasteiger partial charge >= 0.3 is 0 Å². The average molecular weight is 349 g/mol. The van der Waals surface area contributed by atoms with Gasteiger partial charge < -0.3 is 9.64 Å². The van der Waals surface area contributed by atoms with Crippen molar-refractivity contribution in [3.63, 3.8) is 0 Å². The highest BCUT2D eigenvalue weighted by Crippen LogP contribution is 2.28. The molecule has 2 heterocycles. The quantitative estimate of drug-likeness (QED) is 0.774. The molecule has 1 aliphatic rings. The summed E-state index contributed by atoms with van der Waals surface area (Å²) in [5.41, 5.74) is 3.06. The molecular formula is C21H23N3O2. The molecule has 0 aliphatic carbocycles. The highest BCUT2D eigenvalue weighted by Gasteiger charge is 2.23. The normalized spacial score (nSPS) is 15.3. The molecule has 0 atom stereocenters. The molecule has 5 heteroatoms. The van der Waals surface area contributed by atoms with Gasteiger partial charge in [-0.15, -0.1) is 0 Å². The van der Waals surface area contributed by atoms with Gasteiger partial charge in [-0.2, -0.15) is 5.10 Å². The summed E-state index contributed by atoms with van der Waals surface area (Å²) in [5.74, 6) is 1.10. The molecule has 1 amide bonds. The fourth-order valence-electron chi connectivity index (χ4n) is 3.51. The highest BCUT2D eigenvalue weighted by molar-refractivity contribution is 5.92. The Morgan fingerprint density at radius 2 is 1.88 bits per heavy atom. The highest BCUT2D eigenvalue weighted by atomic mass is 16.5. The minimum absolute atomic E-state index is 0.174. The van der Waals surface area contributed by atoms with Crippen molar-refractivity contribution in [1.29, 1.82) is 0 Å². The van der Waals surface area contributed by atoms with E-state index < -0.39 is 0 Å². The van der Waals surface area contributed by atoms with E-state index in [1.807, 2.05) is 54.3 Å². The van der Waals surface area contributed by atoms with E-state index in [2.05, 4.69) is 16.3 Å². The van der Waals surface area contributed by atoms with Crippen molar-refractivity contribution in [2.45, 2.75) is 32.3 Å². The number of ether oxygens (including phenoxy) is 1. The first kappa shape index (κ1) is 16.6. The molecule has 0 unspecified atom stereocenters. The zero-order valence-corrected chi connectivity index (χ0v) is 14.9.